The quantitative estimate of drug-likeness (QED) is 0.652. The van der Waals surface area contributed by atoms with E-state index in [4.69, 9.17) is 0 Å². The molecule has 0 atom stereocenters. The van der Waals surface area contributed by atoms with Crippen molar-refractivity contribution in [1.82, 2.24) is 5.43 Å². The van der Waals surface area contributed by atoms with Crippen molar-refractivity contribution in [2.45, 2.75) is 12.8 Å². The summed E-state index contributed by atoms with van der Waals surface area (Å²) in [4.78, 5) is 11.4. The Morgan fingerprint density at radius 3 is 2.63 bits per heavy atom. The van der Waals surface area contributed by atoms with Crippen LogP contribution in [0.15, 0.2) is 41.5 Å². The van der Waals surface area contributed by atoms with Gasteiger partial charge in [-0.1, -0.05) is 24.3 Å². The summed E-state index contributed by atoms with van der Waals surface area (Å²) in [7, 11) is 0. The monoisotopic (exact) mass is 254 g/mol. The molecule has 0 saturated heterocycles. The first-order valence-corrected chi connectivity index (χ1v) is 6.29. The zero-order valence-corrected chi connectivity index (χ0v) is 10.3. The fourth-order valence-corrected chi connectivity index (χ4v) is 1.95. The molecule has 0 bridgehead atoms. The second-order valence-corrected chi connectivity index (χ2v) is 4.77. The van der Waals surface area contributed by atoms with Crippen LogP contribution in [0.1, 0.15) is 18.4 Å². The highest BCUT2D eigenvalue weighted by molar-refractivity contribution is 5.94. The Morgan fingerprint density at radius 1 is 1.26 bits per heavy atom. The first kappa shape index (κ1) is 11.7. The molecule has 2 aromatic carbocycles. The predicted octanol–water partition coefficient (Wildman–Crippen LogP) is 2.41. The van der Waals surface area contributed by atoms with Crippen LogP contribution in [-0.2, 0) is 4.79 Å². The number of benzene rings is 2. The van der Waals surface area contributed by atoms with Crippen molar-refractivity contribution in [2.24, 2.45) is 11.0 Å². The standard InChI is InChI=1S/C15H14N2O2/c18-14-8-12-4-2-1-3-11(12)7-13(14)9-16-17-15(19)10-5-6-10/h1-4,7-10,18H,5-6H2,(H,17,19)/b16-9+. The predicted molar refractivity (Wildman–Crippen MR) is 74.1 cm³/mol. The number of amides is 1. The zero-order valence-electron chi connectivity index (χ0n) is 10.3. The van der Waals surface area contributed by atoms with Crippen molar-refractivity contribution in [1.29, 1.82) is 0 Å². The van der Waals surface area contributed by atoms with E-state index in [0.29, 0.717) is 5.56 Å². The number of phenolic OH excluding ortho intramolecular Hbond substituents is 1. The van der Waals surface area contributed by atoms with Gasteiger partial charge >= 0.3 is 0 Å². The topological polar surface area (TPSA) is 61.7 Å². The third kappa shape index (κ3) is 2.57. The molecule has 0 aliphatic heterocycles. The lowest BCUT2D eigenvalue weighted by molar-refractivity contribution is -0.122. The van der Waals surface area contributed by atoms with Gasteiger partial charge in [-0.25, -0.2) is 5.43 Å². The fraction of sp³-hybridized carbons (Fsp3) is 0.200. The van der Waals surface area contributed by atoms with Crippen molar-refractivity contribution in [2.75, 3.05) is 0 Å². The van der Waals surface area contributed by atoms with Gasteiger partial charge in [0.1, 0.15) is 5.75 Å². The molecular formula is C15H14N2O2. The van der Waals surface area contributed by atoms with Crippen LogP contribution in [0, 0.1) is 5.92 Å². The Bertz CT molecular complexity index is 660. The van der Waals surface area contributed by atoms with Gasteiger partial charge in [0.25, 0.3) is 0 Å². The second kappa shape index (κ2) is 4.72. The average Bonchev–Trinajstić information content (AvgIpc) is 3.23. The van der Waals surface area contributed by atoms with E-state index in [-0.39, 0.29) is 17.6 Å². The van der Waals surface area contributed by atoms with Gasteiger partial charge < -0.3 is 5.11 Å². The average molecular weight is 254 g/mol. The van der Waals surface area contributed by atoms with Gasteiger partial charge in [0.15, 0.2) is 0 Å². The van der Waals surface area contributed by atoms with Crippen molar-refractivity contribution < 1.29 is 9.90 Å². The Hall–Kier alpha value is -2.36. The third-order valence-corrected chi connectivity index (χ3v) is 3.22. The lowest BCUT2D eigenvalue weighted by Crippen LogP contribution is -2.18. The number of phenols is 1. The molecule has 4 nitrogen and oxygen atoms in total. The van der Waals surface area contributed by atoms with Gasteiger partial charge in [0, 0.05) is 11.5 Å². The molecule has 0 radical (unpaired) electrons. The maximum Gasteiger partial charge on any atom is 0.243 e. The number of hydrogen-bond donors (Lipinski definition) is 2. The first-order chi connectivity index (χ1) is 9.24. The second-order valence-electron chi connectivity index (χ2n) is 4.77. The van der Waals surface area contributed by atoms with Crippen molar-refractivity contribution in [3.63, 3.8) is 0 Å². The number of carbonyl (C=O) groups is 1. The van der Waals surface area contributed by atoms with Gasteiger partial charge in [-0.3, -0.25) is 4.79 Å². The molecule has 3 rings (SSSR count). The van der Waals surface area contributed by atoms with Crippen molar-refractivity contribution >= 4 is 22.9 Å². The Kier molecular flexibility index (Phi) is 2.91. The van der Waals surface area contributed by atoms with E-state index in [0.717, 1.165) is 23.6 Å². The number of hydrazone groups is 1. The molecule has 1 fully saturated rings. The molecule has 0 heterocycles. The maximum atomic E-state index is 11.4. The largest absolute Gasteiger partial charge is 0.507 e. The van der Waals surface area contributed by atoms with E-state index in [1.165, 1.54) is 6.21 Å². The Labute approximate surface area is 110 Å². The van der Waals surface area contributed by atoms with Crippen LogP contribution in [0.25, 0.3) is 10.8 Å². The first-order valence-electron chi connectivity index (χ1n) is 6.29. The van der Waals surface area contributed by atoms with Crippen LogP contribution in [0.5, 0.6) is 5.75 Å². The molecule has 2 N–H and O–H groups in total. The molecule has 19 heavy (non-hydrogen) atoms. The number of carbonyl (C=O) groups excluding carboxylic acids is 1. The molecule has 0 spiro atoms. The summed E-state index contributed by atoms with van der Waals surface area (Å²) in [6, 6.07) is 11.3. The van der Waals surface area contributed by atoms with E-state index >= 15 is 0 Å². The van der Waals surface area contributed by atoms with E-state index in [1.54, 1.807) is 6.07 Å². The summed E-state index contributed by atoms with van der Waals surface area (Å²) in [6.45, 7) is 0. The molecule has 1 aliphatic rings. The molecule has 1 amide bonds. The molecule has 2 aromatic rings. The van der Waals surface area contributed by atoms with E-state index in [2.05, 4.69) is 10.5 Å². The highest BCUT2D eigenvalue weighted by atomic mass is 16.3. The molecular weight excluding hydrogens is 240 g/mol. The van der Waals surface area contributed by atoms with Crippen LogP contribution < -0.4 is 5.43 Å². The van der Waals surface area contributed by atoms with Crippen LogP contribution in [-0.4, -0.2) is 17.2 Å². The van der Waals surface area contributed by atoms with Gasteiger partial charge in [-0.05, 0) is 35.7 Å². The van der Waals surface area contributed by atoms with Gasteiger partial charge in [-0.15, -0.1) is 0 Å². The molecule has 0 aromatic heterocycles. The normalized spacial score (nSPS) is 14.9. The van der Waals surface area contributed by atoms with Crippen LogP contribution >= 0.6 is 0 Å². The molecule has 1 aliphatic carbocycles. The highest BCUT2D eigenvalue weighted by Gasteiger charge is 2.29. The maximum absolute atomic E-state index is 11.4. The summed E-state index contributed by atoms with van der Waals surface area (Å²) in [5, 5.41) is 15.8. The van der Waals surface area contributed by atoms with E-state index in [9.17, 15) is 9.90 Å². The summed E-state index contributed by atoms with van der Waals surface area (Å²) >= 11 is 0. The summed E-state index contributed by atoms with van der Waals surface area (Å²) in [5.74, 6) is 0.238. The molecule has 1 saturated carbocycles. The SMILES string of the molecule is O=C(N/N=C/c1cc2ccccc2cc1O)C1CC1. The minimum atomic E-state index is -0.0449. The number of hydrogen-bond acceptors (Lipinski definition) is 3. The molecule has 0 unspecified atom stereocenters. The van der Waals surface area contributed by atoms with Gasteiger partial charge in [0.05, 0.1) is 6.21 Å². The molecule has 4 heteroatoms. The lowest BCUT2D eigenvalue weighted by atomic mass is 10.1. The Morgan fingerprint density at radius 2 is 1.95 bits per heavy atom. The number of fused-ring (bicyclic) bond motifs is 1. The lowest BCUT2D eigenvalue weighted by Gasteiger charge is -2.03. The minimum Gasteiger partial charge on any atom is -0.507 e. The van der Waals surface area contributed by atoms with Crippen LogP contribution in [0.2, 0.25) is 0 Å². The summed E-state index contributed by atoms with van der Waals surface area (Å²) in [6.07, 6.45) is 3.37. The number of aromatic hydroxyl groups is 1. The number of nitrogens with zero attached hydrogens (tertiary/aromatic N) is 1. The van der Waals surface area contributed by atoms with Crippen molar-refractivity contribution in [3.8, 4) is 5.75 Å². The van der Waals surface area contributed by atoms with E-state index in [1.807, 2.05) is 30.3 Å². The molecule has 96 valence electrons. The fourth-order valence-electron chi connectivity index (χ4n) is 1.95. The highest BCUT2D eigenvalue weighted by Crippen LogP contribution is 2.28. The minimum absolute atomic E-state index is 0.0449. The van der Waals surface area contributed by atoms with E-state index < -0.39 is 0 Å². The smallest absolute Gasteiger partial charge is 0.243 e. The van der Waals surface area contributed by atoms with Gasteiger partial charge in [0.2, 0.25) is 5.91 Å². The van der Waals surface area contributed by atoms with Crippen LogP contribution in [0.4, 0.5) is 0 Å². The number of rotatable bonds is 3. The zero-order chi connectivity index (χ0) is 13.2. The van der Waals surface area contributed by atoms with Gasteiger partial charge in [-0.2, -0.15) is 5.10 Å². The van der Waals surface area contributed by atoms with Crippen LogP contribution in [0.3, 0.4) is 0 Å². The number of nitrogens with one attached hydrogen (secondary N) is 1. The summed E-state index contributed by atoms with van der Waals surface area (Å²) < 4.78 is 0. The third-order valence-electron chi connectivity index (χ3n) is 3.22. The Balaban J connectivity index is 1.81. The van der Waals surface area contributed by atoms with Crippen molar-refractivity contribution in [3.05, 3.63) is 42.0 Å². The summed E-state index contributed by atoms with van der Waals surface area (Å²) in [5.41, 5.74) is 3.08.